The number of rotatable bonds is 6. The monoisotopic (exact) mass is 438 g/mol. The van der Waals surface area contributed by atoms with Crippen LogP contribution in [0.4, 0.5) is 10.5 Å². The Balaban J connectivity index is 1.73. The fraction of sp³-hybridized carbons (Fsp3) is 0.364. The third-order valence-corrected chi connectivity index (χ3v) is 5.03. The first-order valence-corrected chi connectivity index (χ1v) is 10.4. The van der Waals surface area contributed by atoms with E-state index in [0.29, 0.717) is 57.8 Å². The minimum Gasteiger partial charge on any atom is -0.619 e. The maximum Gasteiger partial charge on any atom is 0.407 e. The predicted molar refractivity (Wildman–Crippen MR) is 119 cm³/mol. The lowest BCUT2D eigenvalue weighted by molar-refractivity contribution is -0.604. The van der Waals surface area contributed by atoms with Gasteiger partial charge in [0.2, 0.25) is 0 Å². The van der Waals surface area contributed by atoms with Crippen LogP contribution in [0.15, 0.2) is 30.6 Å². The van der Waals surface area contributed by atoms with Crippen molar-refractivity contribution in [1.82, 2.24) is 15.1 Å². The van der Waals surface area contributed by atoms with E-state index in [1.165, 1.54) is 18.5 Å². The first-order chi connectivity index (χ1) is 15.2. The molecule has 0 saturated heterocycles. The van der Waals surface area contributed by atoms with Gasteiger partial charge in [-0.3, -0.25) is 9.48 Å². The summed E-state index contributed by atoms with van der Waals surface area (Å²) in [6.07, 6.45) is 2.15. The number of ketones is 1. The number of hydrogen-bond acceptors (Lipinski definition) is 7. The van der Waals surface area contributed by atoms with E-state index in [4.69, 9.17) is 15.6 Å². The van der Waals surface area contributed by atoms with Crippen LogP contribution in [0.2, 0.25) is 0 Å². The Hall–Kier alpha value is -3.66. The van der Waals surface area contributed by atoms with Gasteiger partial charge in [-0.25, -0.2) is 4.79 Å². The Kier molecular flexibility index (Phi) is 5.47. The average molecular weight is 438 g/mol. The Bertz CT molecular complexity index is 1210. The van der Waals surface area contributed by atoms with E-state index in [0.717, 1.165) is 5.52 Å². The number of aromatic nitrogens is 3. The van der Waals surface area contributed by atoms with Crippen molar-refractivity contribution in [2.75, 3.05) is 25.0 Å². The normalized spacial score (nSPS) is 12.6. The number of carbonyl (C=O) groups is 2. The zero-order chi connectivity index (χ0) is 23.0. The van der Waals surface area contributed by atoms with Crippen LogP contribution in [0.3, 0.4) is 0 Å². The SMILES string of the molecule is CC(C)(C)OC(=O)NCCn1nc2c3c(c(NCCN)ccc31)C(=O)c1cc[n+]([O-])cc1-2. The molecular formula is C22H26N6O4. The van der Waals surface area contributed by atoms with E-state index in [2.05, 4.69) is 10.6 Å². The third kappa shape index (κ3) is 3.96. The van der Waals surface area contributed by atoms with E-state index in [1.807, 2.05) is 12.1 Å². The minimum absolute atomic E-state index is 0.176. The van der Waals surface area contributed by atoms with Crippen LogP contribution in [0.1, 0.15) is 36.7 Å². The van der Waals surface area contributed by atoms with Crippen LogP contribution in [0.5, 0.6) is 0 Å². The van der Waals surface area contributed by atoms with Gasteiger partial charge in [0.05, 0.1) is 23.2 Å². The fourth-order valence-electron chi connectivity index (χ4n) is 3.80. The van der Waals surface area contributed by atoms with E-state index in [-0.39, 0.29) is 12.3 Å². The fourth-order valence-corrected chi connectivity index (χ4v) is 3.80. The highest BCUT2D eigenvalue weighted by Gasteiger charge is 2.32. The smallest absolute Gasteiger partial charge is 0.407 e. The molecule has 1 aromatic carbocycles. The van der Waals surface area contributed by atoms with Gasteiger partial charge in [0.1, 0.15) is 11.3 Å². The molecule has 1 amide bonds. The van der Waals surface area contributed by atoms with Gasteiger partial charge in [0.25, 0.3) is 0 Å². The highest BCUT2D eigenvalue weighted by atomic mass is 16.6. The van der Waals surface area contributed by atoms with E-state index < -0.39 is 11.7 Å². The van der Waals surface area contributed by atoms with Crippen molar-refractivity contribution in [3.05, 3.63) is 46.9 Å². The number of amides is 1. The Morgan fingerprint density at radius 2 is 2.03 bits per heavy atom. The first-order valence-electron chi connectivity index (χ1n) is 10.4. The summed E-state index contributed by atoms with van der Waals surface area (Å²) < 4.78 is 7.65. The average Bonchev–Trinajstić information content (AvgIpc) is 3.08. The van der Waals surface area contributed by atoms with Crippen LogP contribution in [0.25, 0.3) is 22.2 Å². The predicted octanol–water partition coefficient (Wildman–Crippen LogP) is 1.78. The molecule has 2 heterocycles. The van der Waals surface area contributed by atoms with Crippen molar-refractivity contribution in [2.24, 2.45) is 5.73 Å². The molecule has 168 valence electrons. The number of nitrogens with one attached hydrogen (secondary N) is 2. The summed E-state index contributed by atoms with van der Waals surface area (Å²) in [7, 11) is 0. The topological polar surface area (TPSA) is 138 Å². The molecule has 32 heavy (non-hydrogen) atoms. The number of pyridine rings is 1. The molecule has 4 rings (SSSR count). The van der Waals surface area contributed by atoms with E-state index >= 15 is 0 Å². The van der Waals surface area contributed by atoms with Crippen LogP contribution >= 0.6 is 0 Å². The zero-order valence-electron chi connectivity index (χ0n) is 18.3. The molecule has 0 bridgehead atoms. The van der Waals surface area contributed by atoms with Gasteiger partial charge in [-0.2, -0.15) is 9.83 Å². The number of fused-ring (bicyclic) bond motifs is 2. The van der Waals surface area contributed by atoms with E-state index in [1.54, 1.807) is 25.5 Å². The number of nitrogens with two attached hydrogens (primary N) is 1. The summed E-state index contributed by atoms with van der Waals surface area (Å²) in [5, 5.41) is 23.2. The zero-order valence-corrected chi connectivity index (χ0v) is 18.3. The summed E-state index contributed by atoms with van der Waals surface area (Å²) in [6.45, 7) is 6.96. The lowest BCUT2D eigenvalue weighted by atomic mass is 9.87. The molecule has 3 aromatic rings. The first kappa shape index (κ1) is 21.6. The largest absolute Gasteiger partial charge is 0.619 e. The molecule has 10 heteroatoms. The lowest BCUT2D eigenvalue weighted by Gasteiger charge is -2.19. The highest BCUT2D eigenvalue weighted by Crippen LogP contribution is 2.41. The van der Waals surface area contributed by atoms with E-state index in [9.17, 15) is 14.8 Å². The molecule has 10 nitrogen and oxygen atoms in total. The van der Waals surface area contributed by atoms with Gasteiger partial charge in [-0.05, 0) is 32.9 Å². The molecule has 2 aromatic heterocycles. The summed E-state index contributed by atoms with van der Waals surface area (Å²) in [5.41, 5.74) is 8.42. The summed E-state index contributed by atoms with van der Waals surface area (Å²) in [4.78, 5) is 25.3. The second-order valence-electron chi connectivity index (χ2n) is 8.56. The van der Waals surface area contributed by atoms with Crippen LogP contribution < -0.4 is 21.1 Å². The quantitative estimate of drug-likeness (QED) is 0.308. The Morgan fingerprint density at radius 3 is 2.75 bits per heavy atom. The Morgan fingerprint density at radius 1 is 1.25 bits per heavy atom. The number of carbonyl (C=O) groups excluding carboxylic acids is 2. The van der Waals surface area contributed by atoms with Gasteiger partial charge in [-0.1, -0.05) is 0 Å². The molecule has 0 radical (unpaired) electrons. The maximum atomic E-state index is 13.3. The highest BCUT2D eigenvalue weighted by molar-refractivity contribution is 6.27. The molecule has 0 fully saturated rings. The lowest BCUT2D eigenvalue weighted by Crippen LogP contribution is -2.34. The third-order valence-electron chi connectivity index (χ3n) is 5.03. The standard InChI is InChI=1S/C22H26N6O4/c1-22(2,3)32-21(30)25-9-11-28-16-5-4-15(24-8-7-23)17-18(16)19(26-28)14-12-27(31)10-6-13(14)20(17)29/h4-6,10,12,24H,7-9,11,23H2,1-3H3,(H,25,30). The number of ether oxygens (including phenoxy) is 1. The molecule has 0 aliphatic heterocycles. The van der Waals surface area contributed by atoms with Crippen molar-refractivity contribution >= 4 is 28.5 Å². The van der Waals surface area contributed by atoms with Gasteiger partial charge in [0, 0.05) is 42.3 Å². The molecule has 0 unspecified atom stereocenters. The van der Waals surface area contributed by atoms with Crippen molar-refractivity contribution in [1.29, 1.82) is 0 Å². The van der Waals surface area contributed by atoms with Crippen molar-refractivity contribution in [2.45, 2.75) is 32.9 Å². The van der Waals surface area contributed by atoms with Crippen LogP contribution in [-0.2, 0) is 11.3 Å². The molecule has 0 spiro atoms. The second-order valence-corrected chi connectivity index (χ2v) is 8.56. The van der Waals surface area contributed by atoms with Crippen molar-refractivity contribution in [3.8, 4) is 11.3 Å². The Labute approximate surface area is 184 Å². The number of hydrogen-bond donors (Lipinski definition) is 3. The van der Waals surface area contributed by atoms with Gasteiger partial charge >= 0.3 is 6.09 Å². The molecule has 0 atom stereocenters. The second kappa shape index (κ2) is 8.12. The van der Waals surface area contributed by atoms with Gasteiger partial charge in [-0.15, -0.1) is 0 Å². The molecule has 1 aliphatic rings. The summed E-state index contributed by atoms with van der Waals surface area (Å²) in [6, 6.07) is 5.21. The van der Waals surface area contributed by atoms with Crippen LogP contribution in [-0.4, -0.2) is 46.9 Å². The molecule has 0 saturated carbocycles. The van der Waals surface area contributed by atoms with Crippen molar-refractivity contribution in [3.63, 3.8) is 0 Å². The summed E-state index contributed by atoms with van der Waals surface area (Å²) >= 11 is 0. The molecule has 4 N–H and O–H groups in total. The number of anilines is 1. The molecular weight excluding hydrogens is 412 g/mol. The van der Waals surface area contributed by atoms with Crippen LogP contribution in [0, 0.1) is 5.21 Å². The molecule has 1 aliphatic carbocycles. The minimum atomic E-state index is -0.589. The maximum absolute atomic E-state index is 13.3. The van der Waals surface area contributed by atoms with Crippen molar-refractivity contribution < 1.29 is 19.1 Å². The van der Waals surface area contributed by atoms with Gasteiger partial charge in [0.15, 0.2) is 18.2 Å². The summed E-state index contributed by atoms with van der Waals surface area (Å²) in [5.74, 6) is -0.176. The number of alkyl carbamates (subject to hydrolysis) is 1. The van der Waals surface area contributed by atoms with Gasteiger partial charge < -0.3 is 26.3 Å². The number of benzene rings is 1. The number of nitrogens with zero attached hydrogens (tertiary/aromatic N) is 3.